The molecule has 0 aromatic carbocycles. The first kappa shape index (κ1) is 69.1. The molecule has 0 saturated heterocycles. The second-order valence-electron chi connectivity index (χ2n) is 0. The summed E-state index contributed by atoms with van der Waals surface area (Å²) >= 11 is 0. The van der Waals surface area contributed by atoms with E-state index in [2.05, 4.69) is 0 Å². The van der Waals surface area contributed by atoms with Crippen molar-refractivity contribution in [3.05, 3.63) is 0 Å². The van der Waals surface area contributed by atoms with Crippen LogP contribution >= 0.6 is 37.2 Å². The average Bonchev–Trinajstić information content (AvgIpc) is 0. The van der Waals surface area contributed by atoms with E-state index in [1.54, 1.807) is 0 Å². The molecular weight excluding hydrogens is 165 g/mol. The average molecular weight is 174 g/mol. The maximum absolute atomic E-state index is 0. The smallest absolute Gasteiger partial charge is 0.316 e. The molecule has 0 amide bonds. The van der Waals surface area contributed by atoms with Crippen LogP contribution in [0.15, 0.2) is 0 Å². The van der Waals surface area contributed by atoms with Crippen LogP contribution in [0.5, 0.6) is 0 Å². The predicted molar refractivity (Wildman–Crippen MR) is 47.4 cm³/mol. The summed E-state index contributed by atoms with van der Waals surface area (Å²) in [6, 6.07) is 0. The molecule has 0 aliphatic carbocycles. The van der Waals surface area contributed by atoms with Crippen LogP contribution in [0.25, 0.3) is 0 Å². The van der Waals surface area contributed by atoms with Gasteiger partial charge in [-0.15, -0.1) is 37.2 Å². The normalized spacial score (nSPS) is 0. The number of rotatable bonds is 0. The van der Waals surface area contributed by atoms with Crippen LogP contribution in [-0.4, -0.2) is 59.3 Å². The predicted octanol–water partition coefficient (Wildman–Crippen LogP) is -1.48. The van der Waals surface area contributed by atoms with Gasteiger partial charge in [0.1, 0.15) is 0 Å². The summed E-state index contributed by atoms with van der Waals surface area (Å²) in [5, 5.41) is 0. The molecule has 0 aromatic heterocycles. The number of hydrogen-bond acceptors (Lipinski definition) is 0. The Morgan fingerprint density at radius 2 is 0.667 bits per heavy atom. The first-order chi connectivity index (χ1) is 0. The fraction of sp³-hybridized carbons (Fsp3) is 0. The Labute approximate surface area is 95.3 Å². The van der Waals surface area contributed by atoms with E-state index in [0.29, 0.717) is 0 Å². The molecule has 0 unspecified atom stereocenters. The third-order valence-electron chi connectivity index (χ3n) is 0. The van der Waals surface area contributed by atoms with Gasteiger partial charge in [-0.2, -0.15) is 0 Å². The second-order valence-corrected chi connectivity index (χ2v) is 0. The topological polar surface area (TPSA) is 0 Å². The van der Waals surface area contributed by atoms with Gasteiger partial charge in [0.05, 0.1) is 0 Å². The summed E-state index contributed by atoms with van der Waals surface area (Å²) in [4.78, 5) is 0. The molecule has 0 N–H and O–H groups in total. The van der Waals surface area contributed by atoms with Crippen LogP contribution in [0.3, 0.4) is 0 Å². The van der Waals surface area contributed by atoms with Crippen molar-refractivity contribution in [2.24, 2.45) is 0 Å². The minimum absolute atomic E-state index is 0. The molecule has 6 heavy (non-hydrogen) atoms. The standard InChI is InChI=1S/Al.3ClH.Li.Mg.6H/h;3*1H;;;;;;;;. The fourth-order valence-corrected chi connectivity index (χ4v) is 0. The third-order valence-corrected chi connectivity index (χ3v) is 0. The molecule has 0 radical (unpaired) electrons. The first-order valence-corrected chi connectivity index (χ1v) is 0. The monoisotopic (exact) mass is 172 g/mol. The summed E-state index contributed by atoms with van der Waals surface area (Å²) in [6.07, 6.45) is 0. The largest absolute Gasteiger partial charge is 0.316 e. The van der Waals surface area contributed by atoms with Crippen molar-refractivity contribution in [2.45, 2.75) is 0 Å². The van der Waals surface area contributed by atoms with Crippen LogP contribution in [0.4, 0.5) is 0 Å². The Bertz CT molecular complexity index is 10.8. The van der Waals surface area contributed by atoms with Gasteiger partial charge in [-0.05, 0) is 0 Å². The van der Waals surface area contributed by atoms with E-state index in [-0.39, 0.29) is 96.5 Å². The molecule has 0 heterocycles. The summed E-state index contributed by atoms with van der Waals surface area (Å²) in [7, 11) is 0. The summed E-state index contributed by atoms with van der Waals surface area (Å²) < 4.78 is 0. The zero-order chi connectivity index (χ0) is 0. The minimum atomic E-state index is 0. The van der Waals surface area contributed by atoms with Crippen molar-refractivity contribution in [1.29, 1.82) is 0 Å². The van der Waals surface area contributed by atoms with Crippen molar-refractivity contribution >= 4 is 96.5 Å². The van der Waals surface area contributed by atoms with Crippen molar-refractivity contribution in [3.63, 3.8) is 0 Å². The van der Waals surface area contributed by atoms with Crippen molar-refractivity contribution in [1.82, 2.24) is 0 Å². The SMILES string of the molecule is Cl.Cl.Cl.[AlH3].[LiH].[MgH2]. The van der Waals surface area contributed by atoms with Gasteiger partial charge in [-0.3, -0.25) is 0 Å². The van der Waals surface area contributed by atoms with E-state index in [1.165, 1.54) is 0 Å². The molecule has 0 saturated carbocycles. The Hall–Kier alpha value is 2.77. The number of hydrogen-bond donors (Lipinski definition) is 0. The second kappa shape index (κ2) is 46.5. The van der Waals surface area contributed by atoms with Crippen LogP contribution < -0.4 is 0 Å². The zero-order valence-corrected chi connectivity index (χ0v) is 3.67. The molecule has 0 spiro atoms. The van der Waals surface area contributed by atoms with Crippen molar-refractivity contribution < 1.29 is 0 Å². The van der Waals surface area contributed by atoms with Crippen molar-refractivity contribution in [3.8, 4) is 0 Å². The van der Waals surface area contributed by atoms with Gasteiger partial charge in [-0.25, -0.2) is 0 Å². The Morgan fingerprint density at radius 1 is 0.667 bits per heavy atom. The van der Waals surface area contributed by atoms with Crippen LogP contribution in [0.1, 0.15) is 0 Å². The molecule has 0 aliphatic rings. The van der Waals surface area contributed by atoms with Gasteiger partial charge >= 0.3 is 41.9 Å². The van der Waals surface area contributed by atoms with E-state index in [1.807, 2.05) is 0 Å². The van der Waals surface area contributed by atoms with Gasteiger partial charge in [-0.1, -0.05) is 0 Å². The third kappa shape index (κ3) is 29.4. The molecule has 0 aliphatic heterocycles. The van der Waals surface area contributed by atoms with Gasteiger partial charge in [0.25, 0.3) is 0 Å². The zero-order valence-electron chi connectivity index (χ0n) is 1.22. The molecule has 6 heteroatoms. The van der Waals surface area contributed by atoms with Crippen molar-refractivity contribution in [2.75, 3.05) is 0 Å². The van der Waals surface area contributed by atoms with Crippen LogP contribution in [0.2, 0.25) is 0 Å². The Kier molecular flexibility index (Phi) is 535. The molecule has 0 nitrogen and oxygen atoms in total. The van der Waals surface area contributed by atoms with E-state index < -0.39 is 0 Å². The maximum atomic E-state index is 0. The molecule has 0 aromatic rings. The van der Waals surface area contributed by atoms with Gasteiger partial charge in [0.2, 0.25) is 0 Å². The molecule has 36 valence electrons. The van der Waals surface area contributed by atoms with Crippen LogP contribution in [0, 0.1) is 0 Å². The summed E-state index contributed by atoms with van der Waals surface area (Å²) in [5.74, 6) is 0. The quantitative estimate of drug-likeness (QED) is 0.392. The summed E-state index contributed by atoms with van der Waals surface area (Å²) in [6.45, 7) is 0. The first-order valence-electron chi connectivity index (χ1n) is 0. The van der Waals surface area contributed by atoms with Gasteiger partial charge in [0.15, 0.2) is 17.4 Å². The molecule has 0 atom stereocenters. The van der Waals surface area contributed by atoms with Crippen LogP contribution in [-0.2, 0) is 0 Å². The Morgan fingerprint density at radius 3 is 0.667 bits per heavy atom. The molecule has 0 bridgehead atoms. The van der Waals surface area contributed by atoms with Gasteiger partial charge < -0.3 is 0 Å². The fourth-order valence-electron chi connectivity index (χ4n) is 0. The summed E-state index contributed by atoms with van der Waals surface area (Å²) in [5.41, 5.74) is 0. The Balaban J connectivity index is 0. The number of halogens is 3. The van der Waals surface area contributed by atoms with E-state index >= 15 is 0 Å². The molecular formula is H9AlCl3LiMg. The molecule has 0 fully saturated rings. The van der Waals surface area contributed by atoms with E-state index in [0.717, 1.165) is 0 Å². The maximum Gasteiger partial charge on any atom is 0.316 e. The van der Waals surface area contributed by atoms with E-state index in [9.17, 15) is 0 Å². The molecule has 0 rings (SSSR count). The minimum Gasteiger partial charge on any atom is 0.316 e. The van der Waals surface area contributed by atoms with E-state index in [4.69, 9.17) is 0 Å². The van der Waals surface area contributed by atoms with Gasteiger partial charge in [0, 0.05) is 0 Å².